The lowest BCUT2D eigenvalue weighted by Gasteiger charge is -2.25. The van der Waals surface area contributed by atoms with Crippen LogP contribution < -0.4 is 4.74 Å². The van der Waals surface area contributed by atoms with E-state index in [9.17, 15) is 9.59 Å². The lowest BCUT2D eigenvalue weighted by atomic mass is 9.77. The van der Waals surface area contributed by atoms with E-state index >= 15 is 0 Å². The number of ketones is 1. The van der Waals surface area contributed by atoms with Crippen molar-refractivity contribution >= 4 is 17.3 Å². The van der Waals surface area contributed by atoms with Gasteiger partial charge in [0.05, 0.1) is 13.7 Å². The number of methoxy groups -OCH3 is 1. The molecule has 0 fully saturated rings. The molecule has 116 valence electrons. The summed E-state index contributed by atoms with van der Waals surface area (Å²) in [4.78, 5) is 24.5. The molecule has 0 amide bonds. The summed E-state index contributed by atoms with van der Waals surface area (Å²) in [6.07, 6.45) is 2.07. The maximum atomic E-state index is 12.4. The van der Waals surface area contributed by atoms with Crippen molar-refractivity contribution in [2.24, 2.45) is 5.41 Å². The monoisotopic (exact) mass is 300 g/mol. The molecule has 0 heterocycles. The molecule has 1 aliphatic carbocycles. The first-order valence-electron chi connectivity index (χ1n) is 7.18. The molecule has 0 bridgehead atoms. The Balaban J connectivity index is 2.39. The lowest BCUT2D eigenvalue weighted by Crippen LogP contribution is -2.38. The van der Waals surface area contributed by atoms with Crippen molar-refractivity contribution in [2.75, 3.05) is 13.7 Å². The summed E-state index contributed by atoms with van der Waals surface area (Å²) in [5.41, 5.74) is 0.977. The normalized spacial score (nSPS) is 20.5. The lowest BCUT2D eigenvalue weighted by molar-refractivity contribution is -0.156. The zero-order valence-corrected chi connectivity index (χ0v) is 13.1. The molecule has 0 aliphatic heterocycles. The number of hydrogen-bond acceptors (Lipinski definition) is 4. The summed E-state index contributed by atoms with van der Waals surface area (Å²) < 4.78 is 10.3. The van der Waals surface area contributed by atoms with Crippen LogP contribution >= 0.6 is 0 Å². The van der Waals surface area contributed by atoms with E-state index in [1.807, 2.05) is 24.3 Å². The van der Waals surface area contributed by atoms with Gasteiger partial charge in [-0.15, -0.1) is 0 Å². The molecule has 2 rings (SSSR count). The number of benzene rings is 1. The molecule has 0 saturated carbocycles. The van der Waals surface area contributed by atoms with Crippen molar-refractivity contribution in [3.63, 3.8) is 0 Å². The van der Waals surface area contributed by atoms with E-state index in [0.29, 0.717) is 5.57 Å². The summed E-state index contributed by atoms with van der Waals surface area (Å²) in [5, 5.41) is 0. The van der Waals surface area contributed by atoms with Crippen LogP contribution in [-0.2, 0) is 14.3 Å². The average molecular weight is 300 g/mol. The van der Waals surface area contributed by atoms with Crippen molar-refractivity contribution in [1.29, 1.82) is 0 Å². The summed E-state index contributed by atoms with van der Waals surface area (Å²) >= 11 is 0. The third-order valence-electron chi connectivity index (χ3n) is 4.02. The molecule has 4 nitrogen and oxygen atoms in total. The van der Waals surface area contributed by atoms with E-state index < -0.39 is 11.4 Å². The molecule has 1 aromatic carbocycles. The highest BCUT2D eigenvalue weighted by Crippen LogP contribution is 2.46. The third kappa shape index (κ3) is 2.56. The Morgan fingerprint density at radius 1 is 1.36 bits per heavy atom. The van der Waals surface area contributed by atoms with Gasteiger partial charge in [-0.1, -0.05) is 24.8 Å². The minimum atomic E-state index is -1.30. The number of ether oxygens (including phenoxy) is 2. The molecule has 0 saturated heterocycles. The first kappa shape index (κ1) is 16.0. The molecule has 4 heteroatoms. The first-order chi connectivity index (χ1) is 10.5. The van der Waals surface area contributed by atoms with E-state index in [1.54, 1.807) is 20.1 Å². The van der Waals surface area contributed by atoms with Crippen LogP contribution in [0.25, 0.3) is 5.57 Å². The molecular formula is C18H20O4. The molecule has 1 aliphatic rings. The average Bonchev–Trinajstić information content (AvgIpc) is 2.86. The molecule has 0 aromatic heterocycles. The zero-order valence-electron chi connectivity index (χ0n) is 13.1. The van der Waals surface area contributed by atoms with Crippen LogP contribution in [0.4, 0.5) is 0 Å². The Labute approximate surface area is 130 Å². The van der Waals surface area contributed by atoms with E-state index in [4.69, 9.17) is 9.47 Å². The van der Waals surface area contributed by atoms with E-state index in [2.05, 4.69) is 6.58 Å². The van der Waals surface area contributed by atoms with Gasteiger partial charge in [-0.3, -0.25) is 9.59 Å². The maximum absolute atomic E-state index is 12.4. The van der Waals surface area contributed by atoms with Crippen LogP contribution in [0.1, 0.15) is 25.8 Å². The molecule has 1 unspecified atom stereocenters. The SMILES string of the molecule is C=C1C=C(c2cccc(OC)c2)CC1(C(C)=O)C(=O)OCC. The van der Waals surface area contributed by atoms with E-state index in [0.717, 1.165) is 16.9 Å². The topological polar surface area (TPSA) is 52.6 Å². The van der Waals surface area contributed by atoms with Crippen LogP contribution in [0, 0.1) is 5.41 Å². The van der Waals surface area contributed by atoms with Crippen molar-refractivity contribution in [3.8, 4) is 5.75 Å². The van der Waals surface area contributed by atoms with Crippen molar-refractivity contribution in [1.82, 2.24) is 0 Å². The van der Waals surface area contributed by atoms with E-state index in [-0.39, 0.29) is 18.8 Å². The number of Topliss-reactive ketones (excluding diaryl/α,β-unsaturated/α-hetero) is 1. The summed E-state index contributed by atoms with van der Waals surface area (Å²) in [6, 6.07) is 7.51. The molecule has 0 radical (unpaired) electrons. The van der Waals surface area contributed by atoms with E-state index in [1.165, 1.54) is 6.92 Å². The fourth-order valence-electron chi connectivity index (χ4n) is 2.74. The van der Waals surface area contributed by atoms with Gasteiger partial charge in [0, 0.05) is 6.42 Å². The Morgan fingerprint density at radius 3 is 2.68 bits per heavy atom. The number of hydrogen-bond donors (Lipinski definition) is 0. The summed E-state index contributed by atoms with van der Waals surface area (Å²) in [6.45, 7) is 7.28. The van der Waals surface area contributed by atoms with Gasteiger partial charge in [-0.25, -0.2) is 0 Å². The highest BCUT2D eigenvalue weighted by Gasteiger charge is 2.50. The van der Waals surface area contributed by atoms with Gasteiger partial charge in [0.25, 0.3) is 0 Å². The van der Waals surface area contributed by atoms with Crippen molar-refractivity contribution in [2.45, 2.75) is 20.3 Å². The minimum Gasteiger partial charge on any atom is -0.497 e. The Bertz CT molecular complexity index is 657. The van der Waals surface area contributed by atoms with Crippen LogP contribution in [0.5, 0.6) is 5.75 Å². The number of allylic oxidation sites excluding steroid dienone is 2. The minimum absolute atomic E-state index is 0.232. The maximum Gasteiger partial charge on any atom is 0.324 e. The first-order valence-corrected chi connectivity index (χ1v) is 7.18. The molecule has 1 atom stereocenters. The van der Waals surface area contributed by atoms with Gasteiger partial charge < -0.3 is 9.47 Å². The summed E-state index contributed by atoms with van der Waals surface area (Å²) in [7, 11) is 1.60. The molecule has 0 N–H and O–H groups in total. The summed E-state index contributed by atoms with van der Waals surface area (Å²) in [5.74, 6) is -0.0489. The smallest absolute Gasteiger partial charge is 0.324 e. The van der Waals surface area contributed by atoms with Gasteiger partial charge in [0.2, 0.25) is 0 Å². The largest absolute Gasteiger partial charge is 0.497 e. The molecule has 22 heavy (non-hydrogen) atoms. The second-order valence-electron chi connectivity index (χ2n) is 5.29. The third-order valence-corrected chi connectivity index (χ3v) is 4.02. The number of rotatable bonds is 5. The Hall–Kier alpha value is -2.36. The predicted molar refractivity (Wildman–Crippen MR) is 84.5 cm³/mol. The quantitative estimate of drug-likeness (QED) is 0.619. The standard InChI is InChI=1S/C18H20O4/c1-5-22-17(20)18(13(3)19)11-15(9-12(18)2)14-7-6-8-16(10-14)21-4/h6-10H,2,5,11H2,1,3-4H3. The Kier molecular flexibility index (Phi) is 4.50. The highest BCUT2D eigenvalue weighted by atomic mass is 16.5. The van der Waals surface area contributed by atoms with Crippen molar-refractivity contribution in [3.05, 3.63) is 48.1 Å². The Morgan fingerprint density at radius 2 is 2.09 bits per heavy atom. The van der Waals surface area contributed by atoms with Crippen LogP contribution in [-0.4, -0.2) is 25.5 Å². The zero-order chi connectivity index (χ0) is 16.3. The van der Waals surface area contributed by atoms with Gasteiger partial charge in [0.15, 0.2) is 11.2 Å². The fraction of sp³-hybridized carbons (Fsp3) is 0.333. The van der Waals surface area contributed by atoms with Crippen LogP contribution in [0.3, 0.4) is 0 Å². The number of carbonyl (C=O) groups excluding carboxylic acids is 2. The predicted octanol–water partition coefficient (Wildman–Crippen LogP) is 3.18. The van der Waals surface area contributed by atoms with Gasteiger partial charge >= 0.3 is 5.97 Å². The fourth-order valence-corrected chi connectivity index (χ4v) is 2.74. The number of carbonyl (C=O) groups is 2. The van der Waals surface area contributed by atoms with Crippen LogP contribution in [0.15, 0.2) is 42.5 Å². The highest BCUT2D eigenvalue weighted by molar-refractivity contribution is 6.10. The second kappa shape index (κ2) is 6.18. The van der Waals surface area contributed by atoms with Crippen molar-refractivity contribution < 1.29 is 19.1 Å². The van der Waals surface area contributed by atoms with Gasteiger partial charge in [-0.05, 0) is 42.7 Å². The molecule has 0 spiro atoms. The van der Waals surface area contributed by atoms with Crippen LogP contribution in [0.2, 0.25) is 0 Å². The number of esters is 1. The van der Waals surface area contributed by atoms with Gasteiger partial charge in [0.1, 0.15) is 5.75 Å². The molecule has 1 aromatic rings. The second-order valence-corrected chi connectivity index (χ2v) is 5.29. The van der Waals surface area contributed by atoms with Gasteiger partial charge in [-0.2, -0.15) is 0 Å². The molecular weight excluding hydrogens is 280 g/mol.